The lowest BCUT2D eigenvalue weighted by atomic mass is 9.88. The largest absolute Gasteiger partial charge is 0.487 e. The van der Waals surface area contributed by atoms with E-state index in [0.29, 0.717) is 35.5 Å². The van der Waals surface area contributed by atoms with Crippen LogP contribution in [-0.2, 0) is 17.5 Å². The number of hydrogen-bond acceptors (Lipinski definition) is 4. The van der Waals surface area contributed by atoms with Gasteiger partial charge in [-0.05, 0) is 49.2 Å². The molecule has 2 aromatic carbocycles. The standard InChI is InChI=1S/C24H24F3N3O4/c1-23(2)12-15(18-6-4-16(24(25,26)27)10-20(18)34-23)9-21(32)28-17-5-3-14-13-30(7-8-31)22(33)29-19(14)11-17/h3-6,9-11,31H,7-8,12-13H2,1-2H3,(H,28,32)(H,29,33)/b15-9+. The van der Waals surface area contributed by atoms with Crippen molar-refractivity contribution in [3.63, 3.8) is 0 Å². The van der Waals surface area contributed by atoms with Crippen LogP contribution in [0.5, 0.6) is 5.75 Å². The third-order valence-corrected chi connectivity index (χ3v) is 5.60. The summed E-state index contributed by atoms with van der Waals surface area (Å²) in [4.78, 5) is 26.4. The molecule has 0 radical (unpaired) electrons. The SMILES string of the molecule is CC1(C)C/C(=C\C(=O)Nc2ccc3c(c2)NC(=O)N(CCO)C3)c2ccc(C(F)(F)F)cc2O1. The number of carbonyl (C=O) groups is 2. The lowest BCUT2D eigenvalue weighted by Crippen LogP contribution is -2.40. The molecular formula is C24H24F3N3O4. The monoisotopic (exact) mass is 475 g/mol. The molecule has 10 heteroatoms. The summed E-state index contributed by atoms with van der Waals surface area (Å²) in [6, 6.07) is 8.00. The highest BCUT2D eigenvalue weighted by Crippen LogP contribution is 2.43. The second-order valence-electron chi connectivity index (χ2n) is 8.85. The van der Waals surface area contributed by atoms with Crippen LogP contribution in [0, 0.1) is 0 Å². The molecule has 2 aromatic rings. The van der Waals surface area contributed by atoms with Crippen molar-refractivity contribution in [1.29, 1.82) is 0 Å². The van der Waals surface area contributed by atoms with Gasteiger partial charge in [0.15, 0.2) is 0 Å². The van der Waals surface area contributed by atoms with Gasteiger partial charge in [0.1, 0.15) is 11.4 Å². The molecule has 0 aliphatic carbocycles. The topological polar surface area (TPSA) is 90.9 Å². The molecule has 7 nitrogen and oxygen atoms in total. The molecule has 4 rings (SSSR count). The highest BCUT2D eigenvalue weighted by molar-refractivity contribution is 6.05. The number of ether oxygens (including phenoxy) is 1. The number of urea groups is 1. The van der Waals surface area contributed by atoms with E-state index in [1.165, 1.54) is 17.0 Å². The maximum atomic E-state index is 13.1. The van der Waals surface area contributed by atoms with Gasteiger partial charge in [-0.2, -0.15) is 13.2 Å². The Balaban J connectivity index is 1.56. The zero-order chi connectivity index (χ0) is 24.7. The summed E-state index contributed by atoms with van der Waals surface area (Å²) in [5.41, 5.74) is 1.23. The van der Waals surface area contributed by atoms with Crippen LogP contribution in [0.3, 0.4) is 0 Å². The van der Waals surface area contributed by atoms with Gasteiger partial charge in [0, 0.05) is 42.5 Å². The van der Waals surface area contributed by atoms with Crippen molar-refractivity contribution in [1.82, 2.24) is 4.90 Å². The summed E-state index contributed by atoms with van der Waals surface area (Å²) in [5.74, 6) is -0.378. The number of rotatable bonds is 4. The van der Waals surface area contributed by atoms with Gasteiger partial charge in [-0.1, -0.05) is 12.1 Å². The van der Waals surface area contributed by atoms with Crippen LogP contribution in [0.1, 0.15) is 37.0 Å². The lowest BCUT2D eigenvalue weighted by molar-refractivity contribution is -0.137. The first-order chi connectivity index (χ1) is 15.9. The van der Waals surface area contributed by atoms with Crippen LogP contribution >= 0.6 is 0 Å². The molecule has 2 aliphatic rings. The average Bonchev–Trinajstić information content (AvgIpc) is 2.72. The number of halogens is 3. The maximum Gasteiger partial charge on any atom is 0.416 e. The first-order valence-corrected chi connectivity index (χ1v) is 10.7. The Labute approximate surface area is 194 Å². The van der Waals surface area contributed by atoms with Gasteiger partial charge in [-0.3, -0.25) is 4.79 Å². The highest BCUT2D eigenvalue weighted by atomic mass is 19.4. The zero-order valence-corrected chi connectivity index (χ0v) is 18.6. The Kier molecular flexibility index (Phi) is 6.03. The number of aliphatic hydroxyl groups is 1. The Morgan fingerprint density at radius 1 is 1.26 bits per heavy atom. The number of carbonyl (C=O) groups excluding carboxylic acids is 2. The molecular weight excluding hydrogens is 451 g/mol. The number of amides is 3. The minimum Gasteiger partial charge on any atom is -0.487 e. The molecule has 3 amide bonds. The predicted molar refractivity (Wildman–Crippen MR) is 120 cm³/mol. The Morgan fingerprint density at radius 3 is 2.74 bits per heavy atom. The van der Waals surface area contributed by atoms with Crippen molar-refractivity contribution in [2.75, 3.05) is 23.8 Å². The van der Waals surface area contributed by atoms with Crippen molar-refractivity contribution >= 4 is 28.9 Å². The molecule has 34 heavy (non-hydrogen) atoms. The first-order valence-electron chi connectivity index (χ1n) is 10.7. The number of fused-ring (bicyclic) bond motifs is 2. The molecule has 0 aromatic heterocycles. The molecule has 0 fully saturated rings. The molecule has 0 unspecified atom stereocenters. The summed E-state index contributed by atoms with van der Waals surface area (Å²) in [6.07, 6.45) is -2.81. The van der Waals surface area contributed by atoms with E-state index < -0.39 is 23.2 Å². The summed E-state index contributed by atoms with van der Waals surface area (Å²) in [6.45, 7) is 3.89. The molecule has 2 aliphatic heterocycles. The molecule has 0 spiro atoms. The van der Waals surface area contributed by atoms with E-state index in [1.54, 1.807) is 32.0 Å². The van der Waals surface area contributed by atoms with Crippen molar-refractivity contribution in [2.45, 2.75) is 38.6 Å². The van der Waals surface area contributed by atoms with E-state index in [-0.39, 0.29) is 24.9 Å². The smallest absolute Gasteiger partial charge is 0.416 e. The highest BCUT2D eigenvalue weighted by Gasteiger charge is 2.35. The first kappa shape index (κ1) is 23.6. The van der Waals surface area contributed by atoms with E-state index >= 15 is 0 Å². The molecule has 180 valence electrons. The predicted octanol–water partition coefficient (Wildman–Crippen LogP) is 4.63. The number of anilines is 2. The fraction of sp³-hybridized carbons (Fsp3) is 0.333. The van der Waals surface area contributed by atoms with Gasteiger partial charge >= 0.3 is 12.2 Å². The third kappa shape index (κ3) is 5.01. The fourth-order valence-electron chi connectivity index (χ4n) is 4.08. The fourth-order valence-corrected chi connectivity index (χ4v) is 4.08. The van der Waals surface area contributed by atoms with Crippen LogP contribution in [-0.4, -0.2) is 40.7 Å². The van der Waals surface area contributed by atoms with E-state index in [9.17, 15) is 22.8 Å². The second-order valence-corrected chi connectivity index (χ2v) is 8.85. The van der Waals surface area contributed by atoms with Crippen LogP contribution in [0.25, 0.3) is 5.57 Å². The number of alkyl halides is 3. The number of benzene rings is 2. The number of aliphatic hydroxyl groups excluding tert-OH is 1. The number of nitrogens with one attached hydrogen (secondary N) is 2. The van der Waals surface area contributed by atoms with Crippen LogP contribution in [0.4, 0.5) is 29.3 Å². The Hall–Kier alpha value is -3.53. The van der Waals surface area contributed by atoms with Gasteiger partial charge in [0.25, 0.3) is 0 Å². The van der Waals surface area contributed by atoms with Gasteiger partial charge < -0.3 is 25.4 Å². The maximum absolute atomic E-state index is 13.1. The van der Waals surface area contributed by atoms with Crippen LogP contribution in [0.15, 0.2) is 42.5 Å². The van der Waals surface area contributed by atoms with E-state index in [1.807, 2.05) is 0 Å². The van der Waals surface area contributed by atoms with Gasteiger partial charge in [-0.15, -0.1) is 0 Å². The molecule has 3 N–H and O–H groups in total. The molecule has 0 saturated carbocycles. The van der Waals surface area contributed by atoms with E-state index in [0.717, 1.165) is 17.7 Å². The van der Waals surface area contributed by atoms with E-state index in [2.05, 4.69) is 10.6 Å². The lowest BCUT2D eigenvalue weighted by Gasteiger charge is -2.34. The average molecular weight is 475 g/mol. The number of β-amino-alcohol motifs (C(OH)–C–C–N with tert-alkyl or cyclic N) is 1. The normalized spacial score (nSPS) is 18.0. The second kappa shape index (κ2) is 8.68. The number of hydrogen-bond donors (Lipinski definition) is 3. The van der Waals surface area contributed by atoms with Gasteiger partial charge in [0.05, 0.1) is 12.2 Å². The summed E-state index contributed by atoms with van der Waals surface area (Å²) >= 11 is 0. The molecule has 0 bridgehead atoms. The quantitative estimate of drug-likeness (QED) is 0.563. The molecule has 0 saturated heterocycles. The van der Waals surface area contributed by atoms with Crippen LogP contribution in [0.2, 0.25) is 0 Å². The zero-order valence-electron chi connectivity index (χ0n) is 18.6. The van der Waals surface area contributed by atoms with Crippen molar-refractivity contribution in [3.05, 3.63) is 59.2 Å². The Bertz CT molecular complexity index is 1170. The van der Waals surface area contributed by atoms with Gasteiger partial charge in [0.2, 0.25) is 5.91 Å². The summed E-state index contributed by atoms with van der Waals surface area (Å²) < 4.78 is 45.1. The summed E-state index contributed by atoms with van der Waals surface area (Å²) in [7, 11) is 0. The minimum absolute atomic E-state index is 0.0778. The van der Waals surface area contributed by atoms with Crippen molar-refractivity contribution in [2.24, 2.45) is 0 Å². The van der Waals surface area contributed by atoms with E-state index in [4.69, 9.17) is 9.84 Å². The minimum atomic E-state index is -4.50. The van der Waals surface area contributed by atoms with Crippen LogP contribution < -0.4 is 15.4 Å². The Morgan fingerprint density at radius 2 is 2.03 bits per heavy atom. The molecule has 2 heterocycles. The summed E-state index contributed by atoms with van der Waals surface area (Å²) in [5, 5.41) is 14.5. The van der Waals surface area contributed by atoms with Crippen molar-refractivity contribution in [3.8, 4) is 5.75 Å². The number of nitrogens with zero attached hydrogens (tertiary/aromatic N) is 1. The van der Waals surface area contributed by atoms with Crippen molar-refractivity contribution < 1.29 is 32.6 Å². The molecule has 0 atom stereocenters. The third-order valence-electron chi connectivity index (χ3n) is 5.60. The van der Waals surface area contributed by atoms with Gasteiger partial charge in [-0.25, -0.2) is 4.79 Å².